The van der Waals surface area contributed by atoms with Crippen molar-refractivity contribution in [2.75, 3.05) is 11.4 Å². The Labute approximate surface area is 97.9 Å². The molecule has 2 rings (SSSR count). The van der Waals surface area contributed by atoms with Crippen LogP contribution < -0.4 is 4.90 Å². The molecule has 1 fully saturated rings. The van der Waals surface area contributed by atoms with Crippen molar-refractivity contribution in [3.05, 3.63) is 28.7 Å². The van der Waals surface area contributed by atoms with Gasteiger partial charge in [0.15, 0.2) is 0 Å². The summed E-state index contributed by atoms with van der Waals surface area (Å²) in [5, 5.41) is 0. The molecule has 1 atom stereocenters. The van der Waals surface area contributed by atoms with Crippen molar-refractivity contribution in [1.82, 2.24) is 0 Å². The van der Waals surface area contributed by atoms with E-state index in [1.165, 1.54) is 0 Å². The van der Waals surface area contributed by atoms with Crippen molar-refractivity contribution in [2.24, 2.45) is 0 Å². The fraction of sp³-hybridized carbons (Fsp3) is 0.333. The van der Waals surface area contributed by atoms with Crippen molar-refractivity contribution in [3.63, 3.8) is 0 Å². The van der Waals surface area contributed by atoms with Crippen LogP contribution in [0.2, 0.25) is 0 Å². The van der Waals surface area contributed by atoms with Crippen LogP contribution in [0.25, 0.3) is 0 Å². The van der Waals surface area contributed by atoms with E-state index in [4.69, 9.17) is 11.6 Å². The monoisotopic (exact) mass is 299 g/mol. The first-order chi connectivity index (χ1) is 6.84. The van der Waals surface area contributed by atoms with E-state index in [9.17, 15) is 13.2 Å². The fourth-order valence-electron chi connectivity index (χ4n) is 1.36. The Morgan fingerprint density at radius 2 is 2.07 bits per heavy atom. The molecule has 0 saturated carbocycles. The van der Waals surface area contributed by atoms with Crippen LogP contribution in [0.1, 0.15) is 0 Å². The second-order valence-corrected chi connectivity index (χ2v) is 4.86. The van der Waals surface area contributed by atoms with Gasteiger partial charge < -0.3 is 4.90 Å². The number of alkyl halides is 4. The third-order valence-corrected chi connectivity index (χ3v) is 3.28. The number of hydrogen-bond acceptors (Lipinski definition) is 1. The molecule has 1 saturated heterocycles. The summed E-state index contributed by atoms with van der Waals surface area (Å²) >= 11 is 8.65. The van der Waals surface area contributed by atoms with Crippen molar-refractivity contribution >= 4 is 33.2 Å². The number of rotatable bonds is 1. The van der Waals surface area contributed by atoms with Gasteiger partial charge >= 0.3 is 6.18 Å². The molecule has 1 unspecified atom stereocenters. The molecule has 15 heavy (non-hydrogen) atoms. The minimum atomic E-state index is -4.41. The summed E-state index contributed by atoms with van der Waals surface area (Å²) in [5.74, 6) is 0. The zero-order valence-electron chi connectivity index (χ0n) is 7.35. The molecule has 0 amide bonds. The summed E-state index contributed by atoms with van der Waals surface area (Å²) in [6, 6.07) is 6.62. The topological polar surface area (TPSA) is 3.01 Å². The molecule has 6 heteroatoms. The first kappa shape index (κ1) is 11.1. The SMILES string of the molecule is FC(F)(F)C1(Cl)CN1c1cccc(Br)c1. The summed E-state index contributed by atoms with van der Waals surface area (Å²) in [4.78, 5) is -1.10. The summed E-state index contributed by atoms with van der Waals surface area (Å²) in [7, 11) is 0. The second-order valence-electron chi connectivity index (χ2n) is 3.32. The second kappa shape index (κ2) is 3.28. The van der Waals surface area contributed by atoms with Gasteiger partial charge in [-0.25, -0.2) is 0 Å². The maximum Gasteiger partial charge on any atom is 0.427 e. The minimum absolute atomic E-state index is 0.200. The number of hydrogen-bond donors (Lipinski definition) is 0. The van der Waals surface area contributed by atoms with E-state index in [1.807, 2.05) is 0 Å². The molecule has 1 nitrogen and oxygen atoms in total. The van der Waals surface area contributed by atoms with E-state index in [-0.39, 0.29) is 6.54 Å². The highest BCUT2D eigenvalue weighted by molar-refractivity contribution is 9.10. The third-order valence-electron chi connectivity index (χ3n) is 2.25. The summed E-state index contributed by atoms with van der Waals surface area (Å²) < 4.78 is 38.2. The molecular formula is C9H6BrClF3N. The summed E-state index contributed by atoms with van der Waals surface area (Å²) in [6.07, 6.45) is -4.41. The molecule has 0 N–H and O–H groups in total. The lowest BCUT2D eigenvalue weighted by molar-refractivity contribution is -0.136. The van der Waals surface area contributed by atoms with Crippen LogP contribution in [0.5, 0.6) is 0 Å². The lowest BCUT2D eigenvalue weighted by atomic mass is 10.3. The van der Waals surface area contributed by atoms with Gasteiger partial charge in [0, 0.05) is 10.2 Å². The molecule has 82 valence electrons. The standard InChI is InChI=1S/C9H6BrClF3N/c10-6-2-1-3-7(4-6)15-5-8(15,11)9(12,13)14/h1-4H,5H2. The highest BCUT2D eigenvalue weighted by atomic mass is 79.9. The van der Waals surface area contributed by atoms with Gasteiger partial charge in [0.1, 0.15) is 0 Å². The number of nitrogens with zero attached hydrogens (tertiary/aromatic N) is 1. The molecule has 0 bridgehead atoms. The Morgan fingerprint density at radius 3 is 2.53 bits per heavy atom. The summed E-state index contributed by atoms with van der Waals surface area (Å²) in [5.41, 5.74) is 0.469. The average molecular weight is 301 g/mol. The molecular weight excluding hydrogens is 294 g/mol. The average Bonchev–Trinajstić information content (AvgIpc) is 2.78. The first-order valence-electron chi connectivity index (χ1n) is 4.13. The zero-order valence-corrected chi connectivity index (χ0v) is 9.70. The van der Waals surface area contributed by atoms with Gasteiger partial charge in [0.05, 0.1) is 6.54 Å². The van der Waals surface area contributed by atoms with Crippen LogP contribution in [0.3, 0.4) is 0 Å². The van der Waals surface area contributed by atoms with Gasteiger partial charge in [-0.1, -0.05) is 33.6 Å². The molecule has 1 aromatic rings. The number of halogens is 5. The maximum absolute atomic E-state index is 12.5. The Balaban J connectivity index is 2.24. The quantitative estimate of drug-likeness (QED) is 0.433. The van der Waals surface area contributed by atoms with Crippen LogP contribution in [-0.4, -0.2) is 17.7 Å². The Hall–Kier alpha value is -0.420. The van der Waals surface area contributed by atoms with Crippen LogP contribution >= 0.6 is 27.5 Å². The van der Waals surface area contributed by atoms with Gasteiger partial charge in [0.2, 0.25) is 5.00 Å². The fourth-order valence-corrected chi connectivity index (χ4v) is 1.96. The smallest absolute Gasteiger partial charge is 0.340 e. The van der Waals surface area contributed by atoms with Crippen molar-refractivity contribution in [1.29, 1.82) is 0 Å². The highest BCUT2D eigenvalue weighted by Gasteiger charge is 2.69. The van der Waals surface area contributed by atoms with E-state index in [0.29, 0.717) is 5.69 Å². The predicted molar refractivity (Wildman–Crippen MR) is 56.1 cm³/mol. The number of anilines is 1. The molecule has 0 radical (unpaired) electrons. The van der Waals surface area contributed by atoms with E-state index in [2.05, 4.69) is 15.9 Å². The maximum atomic E-state index is 12.5. The summed E-state index contributed by atoms with van der Waals surface area (Å²) in [6.45, 7) is -0.200. The van der Waals surface area contributed by atoms with Crippen LogP contribution in [0.15, 0.2) is 28.7 Å². The van der Waals surface area contributed by atoms with E-state index in [1.54, 1.807) is 24.3 Å². The van der Waals surface area contributed by atoms with E-state index < -0.39 is 11.2 Å². The molecule has 1 heterocycles. The number of benzene rings is 1. The Bertz CT molecular complexity index is 395. The van der Waals surface area contributed by atoms with E-state index in [0.717, 1.165) is 9.37 Å². The van der Waals surface area contributed by atoms with Crippen molar-refractivity contribution in [3.8, 4) is 0 Å². The molecule has 0 aromatic heterocycles. The Morgan fingerprint density at radius 1 is 1.40 bits per heavy atom. The predicted octanol–water partition coefficient (Wildman–Crippen LogP) is 3.77. The molecule has 1 aliphatic heterocycles. The van der Waals surface area contributed by atoms with Gasteiger partial charge in [-0.05, 0) is 18.2 Å². The first-order valence-corrected chi connectivity index (χ1v) is 5.30. The zero-order chi connectivity index (χ0) is 11.3. The van der Waals surface area contributed by atoms with Gasteiger partial charge in [-0.3, -0.25) is 0 Å². The van der Waals surface area contributed by atoms with Crippen molar-refractivity contribution < 1.29 is 13.2 Å². The highest BCUT2D eigenvalue weighted by Crippen LogP contribution is 2.52. The Kier molecular flexibility index (Phi) is 2.43. The lowest BCUT2D eigenvalue weighted by Crippen LogP contribution is -2.31. The largest absolute Gasteiger partial charge is 0.427 e. The molecule has 1 aliphatic rings. The lowest BCUT2D eigenvalue weighted by Gasteiger charge is -2.15. The van der Waals surface area contributed by atoms with E-state index >= 15 is 0 Å². The van der Waals surface area contributed by atoms with Gasteiger partial charge in [-0.15, -0.1) is 0 Å². The van der Waals surface area contributed by atoms with Crippen LogP contribution in [0, 0.1) is 0 Å². The van der Waals surface area contributed by atoms with Gasteiger partial charge in [-0.2, -0.15) is 13.2 Å². The van der Waals surface area contributed by atoms with Gasteiger partial charge in [0.25, 0.3) is 0 Å². The minimum Gasteiger partial charge on any atom is -0.340 e. The molecule has 0 aliphatic carbocycles. The normalized spacial score (nSPS) is 25.5. The van der Waals surface area contributed by atoms with Crippen LogP contribution in [-0.2, 0) is 0 Å². The molecule has 1 aromatic carbocycles. The third kappa shape index (κ3) is 1.83. The van der Waals surface area contributed by atoms with Crippen molar-refractivity contribution in [2.45, 2.75) is 11.2 Å². The van der Waals surface area contributed by atoms with Crippen LogP contribution in [0.4, 0.5) is 18.9 Å². The molecule has 0 spiro atoms.